The number of ether oxygens (including phenoxy) is 1. The second kappa shape index (κ2) is 5.79. The van der Waals surface area contributed by atoms with Crippen molar-refractivity contribution in [3.8, 4) is 0 Å². The van der Waals surface area contributed by atoms with Gasteiger partial charge in [0.25, 0.3) is 0 Å². The Labute approximate surface area is 128 Å². The minimum atomic E-state index is -3.75. The van der Waals surface area contributed by atoms with E-state index in [4.69, 9.17) is 4.74 Å². The Morgan fingerprint density at radius 1 is 1.45 bits per heavy atom. The van der Waals surface area contributed by atoms with Gasteiger partial charge in [-0.25, -0.2) is 17.8 Å². The van der Waals surface area contributed by atoms with Crippen LogP contribution in [0.5, 0.6) is 0 Å². The summed E-state index contributed by atoms with van der Waals surface area (Å²) in [6.45, 7) is 2.50. The number of imidazole rings is 1. The standard InChI is InChI=1S/C14H16FN3O3S/c1-10-8-16-14(17-10)13-9-18(5-6-21-13)22(19,20)12-4-2-3-11(15)7-12/h2-4,7-8,13H,5-6,9H2,1H3,(H,16,17)/t13-/m0/s1. The van der Waals surface area contributed by atoms with E-state index in [2.05, 4.69) is 9.97 Å². The number of benzene rings is 1. The molecule has 1 N–H and O–H groups in total. The normalized spacial score (nSPS) is 20.2. The van der Waals surface area contributed by atoms with Gasteiger partial charge in [-0.1, -0.05) is 6.07 Å². The predicted molar refractivity (Wildman–Crippen MR) is 77.2 cm³/mol. The molecule has 1 aromatic heterocycles. The summed E-state index contributed by atoms with van der Waals surface area (Å²) in [6, 6.07) is 5.01. The number of H-pyrrole nitrogens is 1. The number of nitrogens with one attached hydrogen (secondary N) is 1. The maximum atomic E-state index is 13.3. The fourth-order valence-corrected chi connectivity index (χ4v) is 3.84. The minimum absolute atomic E-state index is 0.0521. The van der Waals surface area contributed by atoms with Crippen LogP contribution in [-0.2, 0) is 14.8 Å². The molecular formula is C14H16FN3O3S. The molecule has 1 aromatic carbocycles. The molecule has 1 atom stereocenters. The maximum absolute atomic E-state index is 13.3. The number of aryl methyl sites for hydroxylation is 1. The molecule has 0 radical (unpaired) electrons. The molecule has 2 aromatic rings. The molecule has 6 nitrogen and oxygen atoms in total. The van der Waals surface area contributed by atoms with Gasteiger partial charge >= 0.3 is 0 Å². The number of hydrogen-bond acceptors (Lipinski definition) is 4. The van der Waals surface area contributed by atoms with Crippen LogP contribution < -0.4 is 0 Å². The fraction of sp³-hybridized carbons (Fsp3) is 0.357. The summed E-state index contributed by atoms with van der Waals surface area (Å²) in [5.41, 5.74) is 0.878. The molecule has 0 aliphatic carbocycles. The van der Waals surface area contributed by atoms with Crippen LogP contribution in [-0.4, -0.2) is 42.4 Å². The topological polar surface area (TPSA) is 75.3 Å². The van der Waals surface area contributed by atoms with Crippen molar-refractivity contribution in [2.45, 2.75) is 17.9 Å². The first-order valence-electron chi connectivity index (χ1n) is 6.85. The average molecular weight is 325 g/mol. The van der Waals surface area contributed by atoms with Gasteiger partial charge in [0.05, 0.1) is 11.5 Å². The maximum Gasteiger partial charge on any atom is 0.243 e. The van der Waals surface area contributed by atoms with Crippen molar-refractivity contribution in [1.29, 1.82) is 0 Å². The van der Waals surface area contributed by atoms with Gasteiger partial charge in [0.15, 0.2) is 0 Å². The first kappa shape index (κ1) is 15.1. The van der Waals surface area contributed by atoms with Crippen molar-refractivity contribution >= 4 is 10.0 Å². The smallest absolute Gasteiger partial charge is 0.243 e. The van der Waals surface area contributed by atoms with Crippen molar-refractivity contribution in [2.75, 3.05) is 19.7 Å². The van der Waals surface area contributed by atoms with Crippen molar-refractivity contribution in [2.24, 2.45) is 0 Å². The minimum Gasteiger partial charge on any atom is -0.368 e. The number of aromatic nitrogens is 2. The largest absolute Gasteiger partial charge is 0.368 e. The van der Waals surface area contributed by atoms with E-state index in [1.807, 2.05) is 6.92 Å². The van der Waals surface area contributed by atoms with Gasteiger partial charge in [-0.3, -0.25) is 0 Å². The summed E-state index contributed by atoms with van der Waals surface area (Å²) in [7, 11) is -3.75. The number of sulfonamides is 1. The van der Waals surface area contributed by atoms with Crippen molar-refractivity contribution < 1.29 is 17.5 Å². The highest BCUT2D eigenvalue weighted by atomic mass is 32.2. The fourth-order valence-electron chi connectivity index (χ4n) is 2.38. The van der Waals surface area contributed by atoms with Crippen LogP contribution in [0, 0.1) is 12.7 Å². The highest BCUT2D eigenvalue weighted by molar-refractivity contribution is 7.89. The third kappa shape index (κ3) is 2.90. The van der Waals surface area contributed by atoms with E-state index in [1.54, 1.807) is 6.20 Å². The molecule has 118 valence electrons. The molecule has 1 fully saturated rings. The molecule has 3 rings (SSSR count). The van der Waals surface area contributed by atoms with Crippen LogP contribution in [0.2, 0.25) is 0 Å². The molecule has 0 unspecified atom stereocenters. The number of hydrogen-bond donors (Lipinski definition) is 1. The molecule has 1 aliphatic rings. The summed E-state index contributed by atoms with van der Waals surface area (Å²) in [4.78, 5) is 7.18. The van der Waals surface area contributed by atoms with E-state index in [0.717, 1.165) is 11.8 Å². The molecule has 1 saturated heterocycles. The van der Waals surface area contributed by atoms with E-state index < -0.39 is 21.9 Å². The summed E-state index contributed by atoms with van der Waals surface area (Å²) < 4.78 is 45.4. The van der Waals surface area contributed by atoms with Crippen LogP contribution in [0.4, 0.5) is 4.39 Å². The Bertz CT molecular complexity index is 775. The van der Waals surface area contributed by atoms with E-state index in [1.165, 1.54) is 22.5 Å². The van der Waals surface area contributed by atoms with Crippen molar-refractivity contribution in [1.82, 2.24) is 14.3 Å². The van der Waals surface area contributed by atoms with Gasteiger partial charge in [0.1, 0.15) is 17.7 Å². The predicted octanol–water partition coefficient (Wildman–Crippen LogP) is 1.62. The first-order chi connectivity index (χ1) is 10.5. The third-order valence-electron chi connectivity index (χ3n) is 3.49. The highest BCUT2D eigenvalue weighted by Gasteiger charge is 2.32. The molecule has 0 saturated carbocycles. The highest BCUT2D eigenvalue weighted by Crippen LogP contribution is 2.25. The van der Waals surface area contributed by atoms with E-state index in [9.17, 15) is 12.8 Å². The lowest BCUT2D eigenvalue weighted by Gasteiger charge is -2.31. The van der Waals surface area contributed by atoms with E-state index >= 15 is 0 Å². The quantitative estimate of drug-likeness (QED) is 0.930. The van der Waals surface area contributed by atoms with Gasteiger partial charge in [-0.2, -0.15) is 4.31 Å². The lowest BCUT2D eigenvalue weighted by Crippen LogP contribution is -2.42. The Kier molecular flexibility index (Phi) is 3.98. The van der Waals surface area contributed by atoms with E-state index in [0.29, 0.717) is 5.82 Å². The molecule has 0 spiro atoms. The number of nitrogens with zero attached hydrogens (tertiary/aromatic N) is 2. The molecule has 2 heterocycles. The van der Waals surface area contributed by atoms with E-state index in [-0.39, 0.29) is 24.6 Å². The number of aromatic amines is 1. The first-order valence-corrected chi connectivity index (χ1v) is 8.29. The molecule has 0 amide bonds. The molecule has 8 heteroatoms. The van der Waals surface area contributed by atoms with Crippen molar-refractivity contribution in [3.63, 3.8) is 0 Å². The molecule has 22 heavy (non-hydrogen) atoms. The van der Waals surface area contributed by atoms with Gasteiger partial charge in [0, 0.05) is 25.0 Å². The van der Waals surface area contributed by atoms with Crippen LogP contribution in [0.3, 0.4) is 0 Å². The van der Waals surface area contributed by atoms with Gasteiger partial charge in [0.2, 0.25) is 10.0 Å². The Balaban J connectivity index is 1.85. The Hall–Kier alpha value is -1.77. The molecule has 1 aliphatic heterocycles. The summed E-state index contributed by atoms with van der Waals surface area (Å²) in [5.74, 6) is 0.0178. The summed E-state index contributed by atoms with van der Waals surface area (Å²) >= 11 is 0. The number of rotatable bonds is 3. The third-order valence-corrected chi connectivity index (χ3v) is 5.35. The zero-order valence-corrected chi connectivity index (χ0v) is 12.8. The monoisotopic (exact) mass is 325 g/mol. The number of halogens is 1. The zero-order valence-electron chi connectivity index (χ0n) is 12.0. The molecular weight excluding hydrogens is 309 g/mol. The van der Waals surface area contributed by atoms with Crippen LogP contribution in [0.1, 0.15) is 17.6 Å². The van der Waals surface area contributed by atoms with Crippen LogP contribution in [0.25, 0.3) is 0 Å². The molecule has 0 bridgehead atoms. The SMILES string of the molecule is Cc1cnc([C@@H]2CN(S(=O)(=O)c3cccc(F)c3)CCO2)[nH]1. The summed E-state index contributed by atoms with van der Waals surface area (Å²) in [6.07, 6.45) is 1.21. The van der Waals surface area contributed by atoms with Gasteiger partial charge in [-0.15, -0.1) is 0 Å². The lowest BCUT2D eigenvalue weighted by atomic mass is 10.3. The average Bonchev–Trinajstić information content (AvgIpc) is 2.94. The van der Waals surface area contributed by atoms with Crippen molar-refractivity contribution in [3.05, 3.63) is 47.8 Å². The van der Waals surface area contributed by atoms with Gasteiger partial charge < -0.3 is 9.72 Å². The summed E-state index contributed by atoms with van der Waals surface area (Å²) in [5, 5.41) is 0. The Morgan fingerprint density at radius 2 is 2.27 bits per heavy atom. The Morgan fingerprint density at radius 3 is 2.95 bits per heavy atom. The second-order valence-corrected chi connectivity index (χ2v) is 7.07. The van der Waals surface area contributed by atoms with Crippen LogP contribution in [0.15, 0.2) is 35.4 Å². The number of morpholine rings is 1. The lowest BCUT2D eigenvalue weighted by molar-refractivity contribution is -0.00711. The van der Waals surface area contributed by atoms with Gasteiger partial charge in [-0.05, 0) is 25.1 Å². The second-order valence-electron chi connectivity index (χ2n) is 5.13. The van der Waals surface area contributed by atoms with Crippen LogP contribution >= 0.6 is 0 Å². The zero-order chi connectivity index (χ0) is 15.7.